The van der Waals surface area contributed by atoms with Gasteiger partial charge in [0.2, 0.25) is 0 Å². The van der Waals surface area contributed by atoms with Crippen LogP contribution < -0.4 is 5.32 Å². The molecule has 0 bridgehead atoms. The van der Waals surface area contributed by atoms with E-state index >= 15 is 0 Å². The fourth-order valence-corrected chi connectivity index (χ4v) is 2.30. The first-order valence-electron chi connectivity index (χ1n) is 5.27. The van der Waals surface area contributed by atoms with Gasteiger partial charge < -0.3 is 5.32 Å². The zero-order valence-electron chi connectivity index (χ0n) is 8.92. The van der Waals surface area contributed by atoms with E-state index in [1.54, 1.807) is 0 Å². The third-order valence-electron chi connectivity index (χ3n) is 3.00. The second-order valence-electron chi connectivity index (χ2n) is 3.96. The van der Waals surface area contributed by atoms with Gasteiger partial charge >= 0.3 is 0 Å². The van der Waals surface area contributed by atoms with E-state index in [1.165, 1.54) is 30.4 Å². The van der Waals surface area contributed by atoms with Crippen LogP contribution in [0.4, 0.5) is 0 Å². The van der Waals surface area contributed by atoms with Gasteiger partial charge in [0.25, 0.3) is 0 Å². The van der Waals surface area contributed by atoms with Crippen molar-refractivity contribution in [2.45, 2.75) is 32.2 Å². The predicted octanol–water partition coefficient (Wildman–Crippen LogP) is 3.88. The monoisotopic (exact) mass is 245 g/mol. The van der Waals surface area contributed by atoms with E-state index < -0.39 is 0 Å². The Morgan fingerprint density at radius 2 is 2.13 bits per heavy atom. The van der Waals surface area contributed by atoms with Crippen molar-refractivity contribution in [2.75, 3.05) is 6.54 Å². The van der Waals surface area contributed by atoms with Crippen molar-refractivity contribution in [3.63, 3.8) is 0 Å². The summed E-state index contributed by atoms with van der Waals surface area (Å²) in [6, 6.07) is 6.71. The molecule has 15 heavy (non-hydrogen) atoms. The van der Waals surface area contributed by atoms with E-state index in [9.17, 15) is 0 Å². The van der Waals surface area contributed by atoms with Gasteiger partial charge in [0.05, 0.1) is 0 Å². The van der Waals surface area contributed by atoms with Crippen molar-refractivity contribution in [1.82, 2.24) is 5.32 Å². The Morgan fingerprint density at radius 1 is 1.33 bits per heavy atom. The minimum Gasteiger partial charge on any atom is -0.310 e. The Kier molecular flexibility index (Phi) is 4.91. The van der Waals surface area contributed by atoms with E-state index in [2.05, 4.69) is 18.3 Å². The Balaban J connectivity index is 0.00000112. The van der Waals surface area contributed by atoms with Crippen molar-refractivity contribution in [3.8, 4) is 0 Å². The maximum atomic E-state index is 6.11. The third-order valence-corrected chi connectivity index (χ3v) is 3.40. The lowest BCUT2D eigenvalue weighted by atomic mass is 9.94. The normalized spacial score (nSPS) is 20.8. The summed E-state index contributed by atoms with van der Waals surface area (Å²) in [5, 5.41) is 4.43. The van der Waals surface area contributed by atoms with Gasteiger partial charge in [-0.15, -0.1) is 12.4 Å². The first kappa shape index (κ1) is 12.8. The van der Waals surface area contributed by atoms with E-state index in [4.69, 9.17) is 11.6 Å². The summed E-state index contributed by atoms with van der Waals surface area (Å²) in [5.74, 6) is 0. The van der Waals surface area contributed by atoms with Crippen LogP contribution in [0, 0.1) is 6.92 Å². The maximum absolute atomic E-state index is 6.11. The molecule has 1 fully saturated rings. The molecule has 84 valence electrons. The highest BCUT2D eigenvalue weighted by Crippen LogP contribution is 2.28. The highest BCUT2D eigenvalue weighted by atomic mass is 35.5. The Morgan fingerprint density at radius 3 is 2.80 bits per heavy atom. The Labute approximate surface area is 103 Å². The molecule has 0 saturated carbocycles. The summed E-state index contributed by atoms with van der Waals surface area (Å²) in [6.07, 6.45) is 3.86. The van der Waals surface area contributed by atoms with Crippen LogP contribution in [0.3, 0.4) is 0 Å². The van der Waals surface area contributed by atoms with Crippen LogP contribution in [-0.4, -0.2) is 6.54 Å². The lowest BCUT2D eigenvalue weighted by molar-refractivity contribution is 0.411. The second kappa shape index (κ2) is 5.74. The molecule has 1 atom stereocenters. The Hall–Kier alpha value is -0.240. The van der Waals surface area contributed by atoms with Gasteiger partial charge in [-0.25, -0.2) is 0 Å². The van der Waals surface area contributed by atoms with Crippen LogP contribution in [0.1, 0.15) is 36.4 Å². The zero-order valence-corrected chi connectivity index (χ0v) is 10.5. The van der Waals surface area contributed by atoms with Crippen LogP contribution in [0.25, 0.3) is 0 Å². The van der Waals surface area contributed by atoms with Crippen LogP contribution in [0.2, 0.25) is 5.02 Å². The minimum absolute atomic E-state index is 0. The molecule has 0 spiro atoms. The molecule has 1 heterocycles. The van der Waals surface area contributed by atoms with E-state index in [0.29, 0.717) is 6.04 Å². The van der Waals surface area contributed by atoms with Gasteiger partial charge in [-0.3, -0.25) is 0 Å². The molecular weight excluding hydrogens is 229 g/mol. The maximum Gasteiger partial charge on any atom is 0.0438 e. The molecule has 1 N–H and O–H groups in total. The van der Waals surface area contributed by atoms with Gasteiger partial charge in [-0.05, 0) is 43.5 Å². The first-order chi connectivity index (χ1) is 6.79. The molecule has 3 heteroatoms. The van der Waals surface area contributed by atoms with Crippen LogP contribution >= 0.6 is 24.0 Å². The van der Waals surface area contributed by atoms with Gasteiger partial charge in [0.1, 0.15) is 0 Å². The third kappa shape index (κ3) is 2.87. The fourth-order valence-electron chi connectivity index (χ4n) is 2.12. The molecule has 1 aliphatic rings. The minimum atomic E-state index is 0. The lowest BCUT2D eigenvalue weighted by Gasteiger charge is -2.25. The number of hydrogen-bond acceptors (Lipinski definition) is 1. The topological polar surface area (TPSA) is 12.0 Å². The number of rotatable bonds is 1. The van der Waals surface area contributed by atoms with Gasteiger partial charge in [-0.2, -0.15) is 0 Å². The van der Waals surface area contributed by atoms with Crippen LogP contribution in [0.15, 0.2) is 18.2 Å². The average Bonchev–Trinajstić information content (AvgIpc) is 2.23. The number of nitrogens with one attached hydrogen (secondary N) is 1. The molecular formula is C12H17Cl2N. The van der Waals surface area contributed by atoms with Crippen molar-refractivity contribution >= 4 is 24.0 Å². The van der Waals surface area contributed by atoms with Gasteiger partial charge in [0, 0.05) is 11.1 Å². The first-order valence-corrected chi connectivity index (χ1v) is 5.65. The highest BCUT2D eigenvalue weighted by Gasteiger charge is 2.16. The van der Waals surface area contributed by atoms with E-state index in [-0.39, 0.29) is 12.4 Å². The summed E-state index contributed by atoms with van der Waals surface area (Å²) < 4.78 is 0. The highest BCUT2D eigenvalue weighted by molar-refractivity contribution is 6.31. The molecule has 1 saturated heterocycles. The number of halogens is 2. The zero-order chi connectivity index (χ0) is 9.97. The van der Waals surface area contributed by atoms with E-state index in [1.807, 2.05) is 12.1 Å². The Bertz CT molecular complexity index is 319. The lowest BCUT2D eigenvalue weighted by Crippen LogP contribution is -2.27. The van der Waals surface area contributed by atoms with Gasteiger partial charge in [-0.1, -0.05) is 30.2 Å². The van der Waals surface area contributed by atoms with Crippen LogP contribution in [-0.2, 0) is 0 Å². The molecule has 0 radical (unpaired) electrons. The van der Waals surface area contributed by atoms with Crippen LogP contribution in [0.5, 0.6) is 0 Å². The number of benzene rings is 1. The number of piperidine rings is 1. The van der Waals surface area contributed by atoms with Crippen molar-refractivity contribution in [1.29, 1.82) is 0 Å². The molecule has 1 aromatic carbocycles. The smallest absolute Gasteiger partial charge is 0.0438 e. The standard InChI is InChI=1S/C12H16ClN.ClH/c1-9-10(5-4-6-11(9)13)12-7-2-3-8-14-12;/h4-6,12,14H,2-3,7-8H2,1H3;1H. The summed E-state index contributed by atoms with van der Waals surface area (Å²) >= 11 is 6.11. The van der Waals surface area contributed by atoms with Crippen molar-refractivity contribution < 1.29 is 0 Å². The van der Waals surface area contributed by atoms with Crippen molar-refractivity contribution in [2.24, 2.45) is 0 Å². The predicted molar refractivity (Wildman–Crippen MR) is 68.0 cm³/mol. The molecule has 0 amide bonds. The van der Waals surface area contributed by atoms with E-state index in [0.717, 1.165) is 11.6 Å². The molecule has 1 unspecified atom stereocenters. The number of hydrogen-bond donors (Lipinski definition) is 1. The molecule has 1 nitrogen and oxygen atoms in total. The summed E-state index contributed by atoms with van der Waals surface area (Å²) in [4.78, 5) is 0. The average molecular weight is 246 g/mol. The molecule has 1 aromatic rings. The molecule has 2 rings (SSSR count). The molecule has 0 aliphatic carbocycles. The van der Waals surface area contributed by atoms with Gasteiger partial charge in [0.15, 0.2) is 0 Å². The summed E-state index contributed by atoms with van der Waals surface area (Å²) in [7, 11) is 0. The second-order valence-corrected chi connectivity index (χ2v) is 4.36. The SMILES string of the molecule is Cc1c(Cl)cccc1C1CCCCN1.Cl. The van der Waals surface area contributed by atoms with Crippen molar-refractivity contribution in [3.05, 3.63) is 34.3 Å². The summed E-state index contributed by atoms with van der Waals surface area (Å²) in [6.45, 7) is 3.24. The summed E-state index contributed by atoms with van der Waals surface area (Å²) in [5.41, 5.74) is 2.60. The quantitative estimate of drug-likeness (QED) is 0.792. The largest absolute Gasteiger partial charge is 0.310 e. The fraction of sp³-hybridized carbons (Fsp3) is 0.500. The molecule has 0 aromatic heterocycles. The molecule has 1 aliphatic heterocycles.